The second-order valence-corrected chi connectivity index (χ2v) is 6.32. The number of anilines is 1. The second kappa shape index (κ2) is 12.7. The molecule has 0 spiro atoms. The molecular weight excluding hydrogens is 362 g/mol. The maximum Gasteiger partial charge on any atom is 0.243 e. The SMILES string of the molecule is CCC(CC)C(=O)N(CCOC)CC(=O)NCC(=O)Nc1ccc(OC)cc1. The van der Waals surface area contributed by atoms with E-state index in [0.717, 1.165) is 0 Å². The van der Waals surface area contributed by atoms with Gasteiger partial charge in [-0.1, -0.05) is 13.8 Å². The third-order valence-corrected chi connectivity index (χ3v) is 4.37. The van der Waals surface area contributed by atoms with Gasteiger partial charge in [0.1, 0.15) is 5.75 Å². The average Bonchev–Trinajstić information content (AvgIpc) is 2.70. The van der Waals surface area contributed by atoms with Crippen LogP contribution in [0.3, 0.4) is 0 Å². The molecule has 28 heavy (non-hydrogen) atoms. The van der Waals surface area contributed by atoms with E-state index < -0.39 is 0 Å². The molecule has 1 aromatic rings. The van der Waals surface area contributed by atoms with Crippen molar-refractivity contribution in [1.29, 1.82) is 0 Å². The number of nitrogens with one attached hydrogen (secondary N) is 2. The number of methoxy groups -OCH3 is 2. The van der Waals surface area contributed by atoms with Gasteiger partial charge in [-0.05, 0) is 37.1 Å². The van der Waals surface area contributed by atoms with Crippen LogP contribution in [0.2, 0.25) is 0 Å². The Morgan fingerprint density at radius 3 is 2.21 bits per heavy atom. The topological polar surface area (TPSA) is 97.0 Å². The highest BCUT2D eigenvalue weighted by molar-refractivity contribution is 5.95. The molecule has 0 aliphatic rings. The Bertz CT molecular complexity index is 629. The first-order valence-corrected chi connectivity index (χ1v) is 9.43. The van der Waals surface area contributed by atoms with E-state index in [1.807, 2.05) is 13.8 Å². The molecule has 8 nitrogen and oxygen atoms in total. The molecule has 0 aromatic heterocycles. The highest BCUT2D eigenvalue weighted by Crippen LogP contribution is 2.14. The van der Waals surface area contributed by atoms with Crippen molar-refractivity contribution < 1.29 is 23.9 Å². The van der Waals surface area contributed by atoms with E-state index >= 15 is 0 Å². The van der Waals surface area contributed by atoms with Gasteiger partial charge in [0.15, 0.2) is 0 Å². The van der Waals surface area contributed by atoms with E-state index in [9.17, 15) is 14.4 Å². The van der Waals surface area contributed by atoms with Crippen molar-refractivity contribution in [1.82, 2.24) is 10.2 Å². The van der Waals surface area contributed by atoms with Gasteiger partial charge in [0.25, 0.3) is 0 Å². The van der Waals surface area contributed by atoms with Gasteiger partial charge in [0.05, 0.1) is 26.8 Å². The Kier molecular flexibility index (Phi) is 10.6. The molecular formula is C20H31N3O5. The van der Waals surface area contributed by atoms with Crippen molar-refractivity contribution in [3.8, 4) is 5.75 Å². The molecule has 0 atom stereocenters. The fourth-order valence-corrected chi connectivity index (χ4v) is 2.65. The van der Waals surface area contributed by atoms with Gasteiger partial charge in [0, 0.05) is 25.3 Å². The van der Waals surface area contributed by atoms with Crippen LogP contribution >= 0.6 is 0 Å². The minimum absolute atomic E-state index is 0.0696. The van der Waals surface area contributed by atoms with Crippen molar-refractivity contribution in [3.63, 3.8) is 0 Å². The Labute approximate surface area is 166 Å². The first-order valence-electron chi connectivity index (χ1n) is 9.43. The minimum Gasteiger partial charge on any atom is -0.497 e. The van der Waals surface area contributed by atoms with Crippen molar-refractivity contribution in [2.24, 2.45) is 5.92 Å². The third-order valence-electron chi connectivity index (χ3n) is 4.37. The number of carbonyl (C=O) groups is 3. The second-order valence-electron chi connectivity index (χ2n) is 6.32. The first kappa shape index (κ1) is 23.4. The van der Waals surface area contributed by atoms with Gasteiger partial charge >= 0.3 is 0 Å². The van der Waals surface area contributed by atoms with E-state index in [4.69, 9.17) is 9.47 Å². The van der Waals surface area contributed by atoms with Crippen molar-refractivity contribution in [2.45, 2.75) is 26.7 Å². The first-order chi connectivity index (χ1) is 13.4. The van der Waals surface area contributed by atoms with Crippen molar-refractivity contribution in [3.05, 3.63) is 24.3 Å². The molecule has 0 unspecified atom stereocenters. The van der Waals surface area contributed by atoms with Crippen LogP contribution in [0.1, 0.15) is 26.7 Å². The molecule has 0 bridgehead atoms. The molecule has 8 heteroatoms. The van der Waals surface area contributed by atoms with Crippen LogP contribution in [0.15, 0.2) is 24.3 Å². The number of carbonyl (C=O) groups excluding carboxylic acids is 3. The minimum atomic E-state index is -0.389. The molecule has 1 aromatic carbocycles. The van der Waals surface area contributed by atoms with Crippen LogP contribution in [0.5, 0.6) is 5.75 Å². The van der Waals surface area contributed by atoms with E-state index in [2.05, 4.69) is 10.6 Å². The van der Waals surface area contributed by atoms with E-state index in [0.29, 0.717) is 37.4 Å². The van der Waals surface area contributed by atoms with Crippen molar-refractivity contribution >= 4 is 23.4 Å². The van der Waals surface area contributed by atoms with Gasteiger partial charge in [0.2, 0.25) is 17.7 Å². The molecule has 0 saturated carbocycles. The number of amides is 3. The van der Waals surface area contributed by atoms with E-state index in [-0.39, 0.29) is 36.7 Å². The summed E-state index contributed by atoms with van der Waals surface area (Å²) < 4.78 is 10.1. The Morgan fingerprint density at radius 2 is 1.68 bits per heavy atom. The predicted molar refractivity (Wildman–Crippen MR) is 107 cm³/mol. The lowest BCUT2D eigenvalue weighted by Gasteiger charge is -2.25. The summed E-state index contributed by atoms with van der Waals surface area (Å²) in [5.74, 6) is -0.249. The zero-order valence-corrected chi connectivity index (χ0v) is 17.1. The molecule has 0 radical (unpaired) electrons. The van der Waals surface area contributed by atoms with Gasteiger partial charge in [-0.25, -0.2) is 0 Å². The molecule has 2 N–H and O–H groups in total. The summed E-state index contributed by atoms with van der Waals surface area (Å²) in [7, 11) is 3.11. The quantitative estimate of drug-likeness (QED) is 0.563. The summed E-state index contributed by atoms with van der Waals surface area (Å²) >= 11 is 0. The number of nitrogens with zero attached hydrogens (tertiary/aromatic N) is 1. The largest absolute Gasteiger partial charge is 0.497 e. The molecule has 0 aliphatic carbocycles. The van der Waals surface area contributed by atoms with Crippen LogP contribution in [-0.2, 0) is 19.1 Å². The van der Waals surface area contributed by atoms with Gasteiger partial charge in [-0.3, -0.25) is 14.4 Å². The maximum absolute atomic E-state index is 12.6. The van der Waals surface area contributed by atoms with Gasteiger partial charge in [-0.15, -0.1) is 0 Å². The third kappa shape index (κ3) is 7.96. The highest BCUT2D eigenvalue weighted by Gasteiger charge is 2.23. The fourth-order valence-electron chi connectivity index (χ4n) is 2.65. The highest BCUT2D eigenvalue weighted by atomic mass is 16.5. The van der Waals surface area contributed by atoms with Crippen LogP contribution < -0.4 is 15.4 Å². The molecule has 3 amide bonds. The normalized spacial score (nSPS) is 10.5. The summed E-state index contributed by atoms with van der Waals surface area (Å²) in [4.78, 5) is 38.3. The molecule has 0 heterocycles. The number of hydrogen-bond donors (Lipinski definition) is 2. The summed E-state index contributed by atoms with van der Waals surface area (Å²) in [6, 6.07) is 6.87. The molecule has 0 saturated heterocycles. The van der Waals surface area contributed by atoms with Crippen LogP contribution in [-0.4, -0.2) is 63.1 Å². The predicted octanol–water partition coefficient (Wildman–Crippen LogP) is 1.66. The van der Waals surface area contributed by atoms with E-state index in [1.165, 1.54) is 4.90 Å². The van der Waals surface area contributed by atoms with E-state index in [1.54, 1.807) is 38.5 Å². The zero-order chi connectivity index (χ0) is 20.9. The summed E-state index contributed by atoms with van der Waals surface area (Å²) in [6.45, 7) is 4.29. The standard InChI is InChI=1S/C20H31N3O5/c1-5-15(6-2)20(26)23(11-12-27-3)14-19(25)21-13-18(24)22-16-7-9-17(28-4)10-8-16/h7-10,15H,5-6,11-14H2,1-4H3,(H,21,25)(H,22,24). The maximum atomic E-state index is 12.6. The molecule has 156 valence electrons. The Morgan fingerprint density at radius 1 is 1.04 bits per heavy atom. The summed E-state index contributed by atoms with van der Waals surface area (Å²) in [5.41, 5.74) is 0.602. The van der Waals surface area contributed by atoms with Crippen LogP contribution in [0.4, 0.5) is 5.69 Å². The number of hydrogen-bond acceptors (Lipinski definition) is 5. The number of rotatable bonds is 12. The fraction of sp³-hybridized carbons (Fsp3) is 0.550. The smallest absolute Gasteiger partial charge is 0.243 e. The summed E-state index contributed by atoms with van der Waals surface area (Å²) in [6.07, 6.45) is 1.43. The van der Waals surface area contributed by atoms with Gasteiger partial charge in [-0.2, -0.15) is 0 Å². The summed E-state index contributed by atoms with van der Waals surface area (Å²) in [5, 5.41) is 5.24. The zero-order valence-electron chi connectivity index (χ0n) is 17.1. The van der Waals surface area contributed by atoms with Crippen LogP contribution in [0, 0.1) is 5.92 Å². The Hall–Kier alpha value is -2.61. The monoisotopic (exact) mass is 393 g/mol. The average molecular weight is 393 g/mol. The number of benzene rings is 1. The lowest BCUT2D eigenvalue weighted by atomic mass is 10.0. The van der Waals surface area contributed by atoms with Crippen molar-refractivity contribution in [2.75, 3.05) is 45.8 Å². The Balaban J connectivity index is 2.53. The molecule has 0 aliphatic heterocycles. The molecule has 0 fully saturated rings. The number of ether oxygens (including phenoxy) is 2. The van der Waals surface area contributed by atoms with Crippen LogP contribution in [0.25, 0.3) is 0 Å². The van der Waals surface area contributed by atoms with Gasteiger partial charge < -0.3 is 25.0 Å². The lowest BCUT2D eigenvalue weighted by molar-refractivity contribution is -0.140. The molecule has 1 rings (SSSR count). The lowest BCUT2D eigenvalue weighted by Crippen LogP contribution is -2.45.